The maximum atomic E-state index is 3.14. The smallest absolute Gasteiger partial charge is 0.117 e. The summed E-state index contributed by atoms with van der Waals surface area (Å²) in [4.78, 5) is 3.14. The molecule has 2 heteroatoms. The molecule has 0 aromatic heterocycles. The molecule has 0 saturated heterocycles. The number of allylic oxidation sites excluding steroid dienone is 15. The molecular formula is C52H61NSi. The van der Waals surface area contributed by atoms with Gasteiger partial charge in [-0.3, -0.25) is 0 Å². The van der Waals surface area contributed by atoms with Crippen LogP contribution in [0.5, 0.6) is 0 Å². The summed E-state index contributed by atoms with van der Waals surface area (Å²) in [6.07, 6.45) is 52.5. The zero-order chi connectivity index (χ0) is 36.0. The highest BCUT2D eigenvalue weighted by molar-refractivity contribution is 6.66. The number of fused-ring (bicyclic) bond motifs is 7. The lowest BCUT2D eigenvalue weighted by molar-refractivity contribution is -0.0256. The van der Waals surface area contributed by atoms with Crippen LogP contribution < -0.4 is 5.19 Å². The fourth-order valence-electron chi connectivity index (χ4n) is 15.2. The monoisotopic (exact) mass is 727 g/mol. The Hall–Kier alpha value is -3.10. The molecule has 1 aromatic carbocycles. The minimum atomic E-state index is 0.269. The molecule has 1 heterocycles. The van der Waals surface area contributed by atoms with Gasteiger partial charge >= 0.3 is 0 Å². The van der Waals surface area contributed by atoms with Crippen molar-refractivity contribution in [2.75, 3.05) is 0 Å². The molecule has 11 atom stereocenters. The first-order valence-corrected chi connectivity index (χ1v) is 23.4. The van der Waals surface area contributed by atoms with Gasteiger partial charge in [-0.15, -0.1) is 0 Å². The van der Waals surface area contributed by atoms with Crippen LogP contribution in [0.2, 0.25) is 0 Å². The van der Waals surface area contributed by atoms with Crippen LogP contribution >= 0.6 is 0 Å². The molecule has 0 N–H and O–H groups in total. The van der Waals surface area contributed by atoms with Gasteiger partial charge in [0.15, 0.2) is 0 Å². The summed E-state index contributed by atoms with van der Waals surface area (Å²) >= 11 is 0. The van der Waals surface area contributed by atoms with Gasteiger partial charge < -0.3 is 4.90 Å². The minimum Gasteiger partial charge on any atom is -0.362 e. The van der Waals surface area contributed by atoms with E-state index >= 15 is 0 Å². The molecule has 10 aliphatic rings. The van der Waals surface area contributed by atoms with Crippen molar-refractivity contribution in [1.29, 1.82) is 0 Å². The fourth-order valence-corrected chi connectivity index (χ4v) is 16.7. The molecule has 1 nitrogen and oxygen atoms in total. The predicted octanol–water partition coefficient (Wildman–Crippen LogP) is 11.8. The molecule has 1 aromatic rings. The molecule has 2 fully saturated rings. The highest BCUT2D eigenvalue weighted by Gasteiger charge is 2.62. The number of benzene rings is 1. The summed E-state index contributed by atoms with van der Waals surface area (Å²) in [5.74, 6) is 5.77. The van der Waals surface area contributed by atoms with Crippen molar-refractivity contribution in [3.63, 3.8) is 0 Å². The number of rotatable bonds is 5. The average Bonchev–Trinajstić information content (AvgIpc) is 3.82. The van der Waals surface area contributed by atoms with E-state index in [0.29, 0.717) is 35.8 Å². The van der Waals surface area contributed by atoms with Gasteiger partial charge in [0.1, 0.15) is 9.52 Å². The standard InChI is InChI=1S/C52H61NSi/c1-51(2)43-22-10-6-18-37(43)40-30-28-35(32-47(40)51)53(36-29-31-42-41-21-9-15-27-49(41)54-50(42)33-36)48-26-14-13-25-46(48)52(34-16-4-3-5-17-34)44-23-11-7-19-38(44)39-20-8-12-24-45(39)52/h3-4,6,9-11,14-15,18,21-23,26-27,29,31-32,34,36-37,39-40,43,45-48H,5,7-8,12-13,16-17,19-20,24-25,28,30,33H2,1-2H3. The van der Waals surface area contributed by atoms with Crippen molar-refractivity contribution in [2.24, 2.45) is 58.2 Å². The number of nitrogens with zero attached hydrogens (tertiary/aromatic N) is 1. The number of hydrogen-bond donors (Lipinski definition) is 0. The Balaban J connectivity index is 1.06. The molecule has 278 valence electrons. The van der Waals surface area contributed by atoms with Gasteiger partial charge in [-0.1, -0.05) is 146 Å². The third-order valence-electron chi connectivity index (χ3n) is 17.1. The third-order valence-corrected chi connectivity index (χ3v) is 18.6. The first-order chi connectivity index (χ1) is 26.5. The molecule has 0 amide bonds. The van der Waals surface area contributed by atoms with E-state index in [0.717, 1.165) is 33.2 Å². The van der Waals surface area contributed by atoms with E-state index in [9.17, 15) is 0 Å². The summed E-state index contributed by atoms with van der Waals surface area (Å²) in [7, 11) is 0.819. The minimum absolute atomic E-state index is 0.269. The molecule has 11 rings (SSSR count). The molecule has 54 heavy (non-hydrogen) atoms. The summed E-state index contributed by atoms with van der Waals surface area (Å²) < 4.78 is 0. The maximum Gasteiger partial charge on any atom is 0.117 e. The van der Waals surface area contributed by atoms with Crippen molar-refractivity contribution in [3.05, 3.63) is 131 Å². The summed E-state index contributed by atoms with van der Waals surface area (Å²) in [5, 5.41) is 3.27. The van der Waals surface area contributed by atoms with Crippen LogP contribution in [0.1, 0.15) is 109 Å². The molecule has 9 aliphatic carbocycles. The van der Waals surface area contributed by atoms with Crippen molar-refractivity contribution < 1.29 is 0 Å². The average molecular weight is 728 g/mol. The number of hydrogen-bond acceptors (Lipinski definition) is 1. The van der Waals surface area contributed by atoms with Crippen molar-refractivity contribution in [2.45, 2.75) is 116 Å². The molecular weight excluding hydrogens is 667 g/mol. The van der Waals surface area contributed by atoms with E-state index in [-0.39, 0.29) is 10.8 Å². The van der Waals surface area contributed by atoms with Crippen molar-refractivity contribution in [3.8, 4) is 0 Å². The van der Waals surface area contributed by atoms with E-state index in [1.54, 1.807) is 21.7 Å². The molecule has 1 aliphatic heterocycles. The van der Waals surface area contributed by atoms with Crippen molar-refractivity contribution in [1.82, 2.24) is 4.90 Å². The quantitative estimate of drug-likeness (QED) is 0.216. The molecule has 2 radical (unpaired) electrons. The van der Waals surface area contributed by atoms with Crippen molar-refractivity contribution >= 4 is 20.3 Å². The zero-order valence-electron chi connectivity index (χ0n) is 32.9. The van der Waals surface area contributed by atoms with Gasteiger partial charge in [-0.25, -0.2) is 0 Å². The third kappa shape index (κ3) is 4.99. The largest absolute Gasteiger partial charge is 0.362 e. The van der Waals surface area contributed by atoms with Gasteiger partial charge in [0.2, 0.25) is 0 Å². The molecule has 0 spiro atoms. The topological polar surface area (TPSA) is 3.24 Å². The highest BCUT2D eigenvalue weighted by atomic mass is 28.2. The van der Waals surface area contributed by atoms with Crippen LogP contribution in [0.15, 0.2) is 125 Å². The van der Waals surface area contributed by atoms with Crippen LogP contribution in [-0.2, 0) is 0 Å². The Kier molecular flexibility index (Phi) is 8.38. The van der Waals surface area contributed by atoms with Crippen LogP contribution in [0.4, 0.5) is 0 Å². The van der Waals surface area contributed by atoms with E-state index in [1.165, 1.54) is 95.5 Å². The van der Waals surface area contributed by atoms with Gasteiger partial charge in [0, 0.05) is 11.1 Å². The van der Waals surface area contributed by atoms with Crippen LogP contribution in [0.25, 0.3) is 5.57 Å². The molecule has 11 unspecified atom stereocenters. The summed E-state index contributed by atoms with van der Waals surface area (Å²) in [5.41, 5.74) is 9.07. The van der Waals surface area contributed by atoms with Gasteiger partial charge in [-0.05, 0) is 147 Å². The van der Waals surface area contributed by atoms with Gasteiger partial charge in [0.25, 0.3) is 0 Å². The zero-order valence-corrected chi connectivity index (χ0v) is 33.9. The first kappa shape index (κ1) is 34.2. The second-order valence-corrected chi connectivity index (χ2v) is 21.0. The van der Waals surface area contributed by atoms with E-state index in [1.807, 2.05) is 11.1 Å². The van der Waals surface area contributed by atoms with Crippen LogP contribution in [0.3, 0.4) is 0 Å². The Morgan fingerprint density at radius 3 is 2.57 bits per heavy atom. The van der Waals surface area contributed by atoms with E-state index in [4.69, 9.17) is 0 Å². The highest BCUT2D eigenvalue weighted by Crippen LogP contribution is 2.69. The van der Waals surface area contributed by atoms with Gasteiger partial charge in [0.05, 0.1) is 12.1 Å². The fraction of sp³-hybridized carbons (Fsp3) is 0.538. The molecule has 2 saturated carbocycles. The van der Waals surface area contributed by atoms with Gasteiger partial charge in [-0.2, -0.15) is 0 Å². The van der Waals surface area contributed by atoms with E-state index in [2.05, 4.69) is 122 Å². The summed E-state index contributed by atoms with van der Waals surface area (Å²) in [6.45, 7) is 5.22. The molecule has 0 bridgehead atoms. The van der Waals surface area contributed by atoms with E-state index < -0.39 is 0 Å². The SMILES string of the molecule is CC1(C)C2C=CC=CC2C2CCC(N(C3C=CC4=C(C3)[Si]c3ccccc34)C3C=CCCC3C3(C4CC=CCC4)C4=C(CCC=C4)C4CCCCC43)=CC21. The lowest BCUT2D eigenvalue weighted by Crippen LogP contribution is -2.56. The first-order valence-electron chi connectivity index (χ1n) is 22.4. The Morgan fingerprint density at radius 2 is 1.65 bits per heavy atom. The lowest BCUT2D eigenvalue weighted by atomic mass is 9.50. The lowest BCUT2D eigenvalue weighted by Gasteiger charge is -2.58. The second kappa shape index (κ2) is 13.2. The maximum absolute atomic E-state index is 3.14. The Bertz CT molecular complexity index is 1970. The van der Waals surface area contributed by atoms with Crippen LogP contribution in [-0.4, -0.2) is 26.5 Å². The van der Waals surface area contributed by atoms with Crippen LogP contribution in [0, 0.1) is 58.2 Å². The Morgan fingerprint density at radius 1 is 0.759 bits per heavy atom. The summed E-state index contributed by atoms with van der Waals surface area (Å²) in [6, 6.07) is 10.1. The normalized spacial score (nSPS) is 40.9. The second-order valence-electron chi connectivity index (χ2n) is 19.6. The predicted molar refractivity (Wildman–Crippen MR) is 227 cm³/mol. The Labute approximate surface area is 328 Å².